The van der Waals surface area contributed by atoms with Gasteiger partial charge in [0.15, 0.2) is 0 Å². The zero-order valence-electron chi connectivity index (χ0n) is 15.8. The molecule has 7 nitrogen and oxygen atoms in total. The lowest BCUT2D eigenvalue weighted by atomic mass is 10.0. The largest absolute Gasteiger partial charge is 0.508 e. The highest BCUT2D eigenvalue weighted by Crippen LogP contribution is 2.24. The number of H-pyrrole nitrogens is 1. The van der Waals surface area contributed by atoms with Crippen LogP contribution >= 0.6 is 0 Å². The summed E-state index contributed by atoms with van der Waals surface area (Å²) in [6, 6.07) is 4.34. The highest BCUT2D eigenvalue weighted by Gasteiger charge is 2.22. The Labute approximate surface area is 154 Å². The summed E-state index contributed by atoms with van der Waals surface area (Å²) in [5.41, 5.74) is 7.14. The van der Waals surface area contributed by atoms with Crippen LogP contribution in [0.4, 0.5) is 0 Å². The van der Waals surface area contributed by atoms with Crippen molar-refractivity contribution in [3.63, 3.8) is 0 Å². The van der Waals surface area contributed by atoms with E-state index < -0.39 is 6.04 Å². The van der Waals surface area contributed by atoms with Gasteiger partial charge in [-0.3, -0.25) is 9.59 Å². The molecule has 2 rings (SSSR count). The second kappa shape index (κ2) is 11.1. The monoisotopic (exact) mass is 362 g/mol. The second-order valence-corrected chi connectivity index (χ2v) is 5.65. The predicted octanol–water partition coefficient (Wildman–Crippen LogP) is 1.80. The minimum atomic E-state index is -0.670. The molecular weight excluding hydrogens is 332 g/mol. The molecule has 2 amide bonds. The third-order valence-corrected chi connectivity index (χ3v) is 3.79. The zero-order chi connectivity index (χ0) is 19.5. The van der Waals surface area contributed by atoms with Crippen molar-refractivity contribution in [2.75, 3.05) is 13.1 Å². The van der Waals surface area contributed by atoms with Crippen molar-refractivity contribution >= 4 is 22.7 Å². The number of carbonyl (C=O) groups excluding carboxylic acids is 2. The van der Waals surface area contributed by atoms with Crippen molar-refractivity contribution in [2.45, 2.75) is 46.1 Å². The highest BCUT2D eigenvalue weighted by molar-refractivity contribution is 5.89. The van der Waals surface area contributed by atoms with Gasteiger partial charge in [-0.2, -0.15) is 0 Å². The SMILES string of the molecule is CC.CCNC(=O)[C@H](Cc1c[nH]c2ccc(O)cc12)NC(=O)CCCN. The average molecular weight is 362 g/mol. The molecule has 0 unspecified atom stereocenters. The van der Waals surface area contributed by atoms with Gasteiger partial charge < -0.3 is 26.5 Å². The third kappa shape index (κ3) is 6.07. The summed E-state index contributed by atoms with van der Waals surface area (Å²) in [7, 11) is 0. The second-order valence-electron chi connectivity index (χ2n) is 5.65. The number of hydrogen-bond acceptors (Lipinski definition) is 4. The summed E-state index contributed by atoms with van der Waals surface area (Å²) in [5, 5.41) is 16.0. The molecule has 144 valence electrons. The maximum atomic E-state index is 12.3. The average Bonchev–Trinajstić information content (AvgIpc) is 3.03. The van der Waals surface area contributed by atoms with E-state index in [2.05, 4.69) is 15.6 Å². The Morgan fingerprint density at radius 2 is 2.04 bits per heavy atom. The van der Waals surface area contributed by atoms with E-state index in [4.69, 9.17) is 5.73 Å². The van der Waals surface area contributed by atoms with Gasteiger partial charge in [0.1, 0.15) is 11.8 Å². The fourth-order valence-electron chi connectivity index (χ4n) is 2.59. The van der Waals surface area contributed by atoms with Crippen molar-refractivity contribution in [3.05, 3.63) is 30.0 Å². The van der Waals surface area contributed by atoms with Gasteiger partial charge >= 0.3 is 0 Å². The first-order chi connectivity index (χ1) is 12.5. The summed E-state index contributed by atoms with van der Waals surface area (Å²) < 4.78 is 0. The molecule has 0 radical (unpaired) electrons. The Hall–Kier alpha value is -2.54. The molecule has 0 saturated carbocycles. The third-order valence-electron chi connectivity index (χ3n) is 3.79. The van der Waals surface area contributed by atoms with Crippen LogP contribution in [0, 0.1) is 0 Å². The number of nitrogens with two attached hydrogens (primary N) is 1. The van der Waals surface area contributed by atoms with Crippen LogP contribution in [-0.2, 0) is 16.0 Å². The minimum absolute atomic E-state index is 0.157. The maximum Gasteiger partial charge on any atom is 0.242 e. The van der Waals surface area contributed by atoms with E-state index in [1.807, 2.05) is 20.8 Å². The number of carbonyl (C=O) groups is 2. The molecule has 2 aromatic rings. The molecule has 7 heteroatoms. The molecule has 0 aliphatic carbocycles. The van der Waals surface area contributed by atoms with Crippen molar-refractivity contribution < 1.29 is 14.7 Å². The number of amides is 2. The normalized spacial score (nSPS) is 11.4. The van der Waals surface area contributed by atoms with E-state index in [0.717, 1.165) is 16.5 Å². The number of phenols is 1. The number of likely N-dealkylation sites (N-methyl/N-ethyl adjacent to an activating group) is 1. The van der Waals surface area contributed by atoms with E-state index in [1.54, 1.807) is 24.4 Å². The van der Waals surface area contributed by atoms with E-state index >= 15 is 0 Å². The smallest absolute Gasteiger partial charge is 0.242 e. The van der Waals surface area contributed by atoms with Gasteiger partial charge in [-0.25, -0.2) is 0 Å². The quantitative estimate of drug-likeness (QED) is 0.492. The van der Waals surface area contributed by atoms with Gasteiger partial charge in [0.05, 0.1) is 0 Å². The summed E-state index contributed by atoms with van der Waals surface area (Å²) in [5.74, 6) is -0.266. The molecule has 0 fully saturated rings. The topological polar surface area (TPSA) is 120 Å². The first kappa shape index (κ1) is 21.5. The Morgan fingerprint density at radius 3 is 2.69 bits per heavy atom. The fraction of sp³-hybridized carbons (Fsp3) is 0.474. The summed E-state index contributed by atoms with van der Waals surface area (Å²) >= 11 is 0. The standard InChI is InChI=1S/C17H24N4O3.C2H6/c1-2-19-17(24)15(21-16(23)4-3-7-18)8-11-10-20-14-6-5-12(22)9-13(11)14;1-2/h5-6,9-10,15,20,22H,2-4,7-8,18H2,1H3,(H,19,24)(H,21,23);1-2H3/t15-;/m0./s1. The molecule has 0 aliphatic heterocycles. The minimum Gasteiger partial charge on any atom is -0.508 e. The number of hydrogen-bond donors (Lipinski definition) is 5. The van der Waals surface area contributed by atoms with Crippen LogP contribution in [0.5, 0.6) is 5.75 Å². The van der Waals surface area contributed by atoms with Crippen LogP contribution in [0.15, 0.2) is 24.4 Å². The Kier molecular flexibility index (Phi) is 9.22. The van der Waals surface area contributed by atoms with Gasteiger partial charge in [-0.1, -0.05) is 13.8 Å². The molecular formula is C19H30N4O3. The number of phenolic OH excluding ortho intramolecular Hbond substituents is 1. The number of benzene rings is 1. The molecule has 26 heavy (non-hydrogen) atoms. The number of rotatable bonds is 8. The summed E-state index contributed by atoms with van der Waals surface area (Å²) in [4.78, 5) is 27.4. The maximum absolute atomic E-state index is 12.3. The Bertz CT molecular complexity index is 712. The fourth-order valence-corrected chi connectivity index (χ4v) is 2.59. The predicted molar refractivity (Wildman–Crippen MR) is 104 cm³/mol. The van der Waals surface area contributed by atoms with Crippen LogP contribution in [0.1, 0.15) is 39.2 Å². The van der Waals surface area contributed by atoms with Gasteiger partial charge in [0.25, 0.3) is 0 Å². The van der Waals surface area contributed by atoms with Crippen LogP contribution in [0.2, 0.25) is 0 Å². The van der Waals surface area contributed by atoms with Gasteiger partial charge in [0, 0.05) is 36.5 Å². The number of nitrogens with one attached hydrogen (secondary N) is 3. The van der Waals surface area contributed by atoms with E-state index in [0.29, 0.717) is 32.4 Å². The first-order valence-corrected chi connectivity index (χ1v) is 9.11. The molecule has 1 heterocycles. The van der Waals surface area contributed by atoms with E-state index in [1.165, 1.54) is 0 Å². The lowest BCUT2D eigenvalue weighted by molar-refractivity contribution is -0.129. The number of aromatic nitrogens is 1. The van der Waals surface area contributed by atoms with Crippen LogP contribution in [0.25, 0.3) is 10.9 Å². The first-order valence-electron chi connectivity index (χ1n) is 9.11. The molecule has 0 aliphatic rings. The van der Waals surface area contributed by atoms with Crippen molar-refractivity contribution in [3.8, 4) is 5.75 Å². The van der Waals surface area contributed by atoms with Gasteiger partial charge in [-0.05, 0) is 43.7 Å². The number of fused-ring (bicyclic) bond motifs is 1. The van der Waals surface area contributed by atoms with Gasteiger partial charge in [-0.15, -0.1) is 0 Å². The molecule has 6 N–H and O–H groups in total. The number of aromatic hydroxyl groups is 1. The molecule has 0 spiro atoms. The molecule has 0 bridgehead atoms. The molecule has 0 saturated heterocycles. The van der Waals surface area contributed by atoms with Crippen molar-refractivity contribution in [1.82, 2.24) is 15.6 Å². The van der Waals surface area contributed by atoms with Crippen molar-refractivity contribution in [2.24, 2.45) is 5.73 Å². The molecule has 1 aromatic heterocycles. The summed E-state index contributed by atoms with van der Waals surface area (Å²) in [6.07, 6.45) is 3.00. The highest BCUT2D eigenvalue weighted by atomic mass is 16.3. The lowest BCUT2D eigenvalue weighted by Crippen LogP contribution is -2.48. The van der Waals surface area contributed by atoms with E-state index in [-0.39, 0.29) is 17.6 Å². The number of aromatic amines is 1. The molecule has 1 aromatic carbocycles. The van der Waals surface area contributed by atoms with E-state index in [9.17, 15) is 14.7 Å². The Morgan fingerprint density at radius 1 is 1.31 bits per heavy atom. The molecule has 1 atom stereocenters. The van der Waals surface area contributed by atoms with Crippen LogP contribution in [-0.4, -0.2) is 41.0 Å². The van der Waals surface area contributed by atoms with Crippen LogP contribution in [0.3, 0.4) is 0 Å². The lowest BCUT2D eigenvalue weighted by Gasteiger charge is -2.18. The van der Waals surface area contributed by atoms with Crippen molar-refractivity contribution in [1.29, 1.82) is 0 Å². The Balaban J connectivity index is 0.00000163. The van der Waals surface area contributed by atoms with Gasteiger partial charge in [0.2, 0.25) is 11.8 Å². The van der Waals surface area contributed by atoms with Crippen LogP contribution < -0.4 is 16.4 Å². The summed E-state index contributed by atoms with van der Waals surface area (Å²) in [6.45, 7) is 6.75. The zero-order valence-corrected chi connectivity index (χ0v) is 15.8.